The van der Waals surface area contributed by atoms with Gasteiger partial charge in [0.05, 0.1) is 19.2 Å². The van der Waals surface area contributed by atoms with Crippen molar-refractivity contribution in [3.8, 4) is 5.75 Å². The van der Waals surface area contributed by atoms with E-state index in [1.165, 1.54) is 0 Å². The molecule has 0 N–H and O–H groups in total. The van der Waals surface area contributed by atoms with Gasteiger partial charge in [0.1, 0.15) is 5.75 Å². The Hall–Kier alpha value is -2.88. The Morgan fingerprint density at radius 3 is 2.83 bits per heavy atom. The quantitative estimate of drug-likeness (QED) is 0.725. The fourth-order valence-corrected chi connectivity index (χ4v) is 3.06. The van der Waals surface area contributed by atoms with Crippen molar-refractivity contribution < 1.29 is 9.53 Å². The first-order chi connectivity index (χ1) is 11.2. The number of benzene rings is 2. The van der Waals surface area contributed by atoms with Crippen molar-refractivity contribution in [1.82, 2.24) is 4.98 Å². The van der Waals surface area contributed by atoms with Gasteiger partial charge in [-0.05, 0) is 54.4 Å². The monoisotopic (exact) mass is 304 g/mol. The SMILES string of the molecule is COc1ccc2c(c1)C(=O)N(c1ccc3nccc(C)c3c1)C2. The molecule has 4 nitrogen and oxygen atoms in total. The van der Waals surface area contributed by atoms with Crippen LogP contribution in [0.15, 0.2) is 48.7 Å². The lowest BCUT2D eigenvalue weighted by molar-refractivity contribution is 0.0996. The zero-order valence-corrected chi connectivity index (χ0v) is 13.0. The number of methoxy groups -OCH3 is 1. The molecule has 4 rings (SSSR count). The van der Waals surface area contributed by atoms with Crippen LogP contribution in [0.2, 0.25) is 0 Å². The Morgan fingerprint density at radius 1 is 1.13 bits per heavy atom. The van der Waals surface area contributed by atoms with Crippen molar-refractivity contribution >= 4 is 22.5 Å². The molecule has 1 aliphatic heterocycles. The molecule has 0 atom stereocenters. The molecule has 0 radical (unpaired) electrons. The van der Waals surface area contributed by atoms with Crippen LogP contribution in [-0.4, -0.2) is 18.0 Å². The lowest BCUT2D eigenvalue weighted by Gasteiger charge is -2.16. The van der Waals surface area contributed by atoms with Gasteiger partial charge >= 0.3 is 0 Å². The number of carbonyl (C=O) groups is 1. The maximum absolute atomic E-state index is 12.7. The minimum atomic E-state index is 0.0137. The fraction of sp³-hybridized carbons (Fsp3) is 0.158. The van der Waals surface area contributed by atoms with Gasteiger partial charge in [-0.1, -0.05) is 6.07 Å². The number of amides is 1. The molecule has 2 heterocycles. The normalized spacial score (nSPS) is 13.5. The summed E-state index contributed by atoms with van der Waals surface area (Å²) in [6, 6.07) is 13.6. The van der Waals surface area contributed by atoms with Gasteiger partial charge < -0.3 is 9.64 Å². The molecule has 0 aliphatic carbocycles. The summed E-state index contributed by atoms with van der Waals surface area (Å²) in [5.41, 5.74) is 4.74. The Kier molecular flexibility index (Phi) is 3.05. The third-order valence-electron chi connectivity index (χ3n) is 4.38. The number of hydrogen-bond donors (Lipinski definition) is 0. The van der Waals surface area contributed by atoms with E-state index in [9.17, 15) is 4.79 Å². The molecule has 3 aromatic rings. The number of nitrogens with zero attached hydrogens (tertiary/aromatic N) is 2. The van der Waals surface area contributed by atoms with Crippen LogP contribution in [0.3, 0.4) is 0 Å². The summed E-state index contributed by atoms with van der Waals surface area (Å²) >= 11 is 0. The number of ether oxygens (including phenoxy) is 1. The molecule has 0 spiro atoms. The number of anilines is 1. The van der Waals surface area contributed by atoms with Gasteiger partial charge in [0.25, 0.3) is 5.91 Å². The molecule has 23 heavy (non-hydrogen) atoms. The van der Waals surface area contributed by atoms with Crippen molar-refractivity contribution in [3.63, 3.8) is 0 Å². The summed E-state index contributed by atoms with van der Waals surface area (Å²) in [6.07, 6.45) is 1.81. The van der Waals surface area contributed by atoms with Gasteiger partial charge in [-0.2, -0.15) is 0 Å². The molecule has 4 heteroatoms. The number of aryl methyl sites for hydroxylation is 1. The van der Waals surface area contributed by atoms with Gasteiger partial charge in [0, 0.05) is 22.8 Å². The van der Waals surface area contributed by atoms with E-state index >= 15 is 0 Å². The smallest absolute Gasteiger partial charge is 0.259 e. The highest BCUT2D eigenvalue weighted by Crippen LogP contribution is 2.32. The first-order valence-electron chi connectivity index (χ1n) is 7.51. The number of hydrogen-bond acceptors (Lipinski definition) is 3. The van der Waals surface area contributed by atoms with Crippen LogP contribution in [0, 0.1) is 6.92 Å². The molecule has 0 saturated heterocycles. The maximum atomic E-state index is 12.7. The summed E-state index contributed by atoms with van der Waals surface area (Å²) in [5, 5.41) is 1.08. The molecule has 0 fully saturated rings. The maximum Gasteiger partial charge on any atom is 0.259 e. The van der Waals surface area contributed by atoms with Gasteiger partial charge in [-0.25, -0.2) is 0 Å². The zero-order chi connectivity index (χ0) is 16.0. The average Bonchev–Trinajstić information content (AvgIpc) is 2.91. The van der Waals surface area contributed by atoms with E-state index in [0.29, 0.717) is 17.9 Å². The Balaban J connectivity index is 1.77. The van der Waals surface area contributed by atoms with Crippen LogP contribution in [-0.2, 0) is 6.54 Å². The number of pyridine rings is 1. The highest BCUT2D eigenvalue weighted by Gasteiger charge is 2.29. The van der Waals surface area contributed by atoms with Crippen LogP contribution in [0.5, 0.6) is 5.75 Å². The minimum Gasteiger partial charge on any atom is -0.497 e. The second kappa shape index (κ2) is 5.09. The highest BCUT2D eigenvalue weighted by molar-refractivity contribution is 6.10. The zero-order valence-electron chi connectivity index (χ0n) is 13.0. The van der Waals surface area contributed by atoms with Crippen LogP contribution in [0.1, 0.15) is 21.5 Å². The van der Waals surface area contributed by atoms with Gasteiger partial charge in [0.2, 0.25) is 0 Å². The standard InChI is InChI=1S/C19H16N2O2/c1-12-7-8-20-18-6-4-14(9-16(12)18)21-11-13-3-5-15(23-2)10-17(13)19(21)22/h3-10H,11H2,1-2H3. The topological polar surface area (TPSA) is 42.4 Å². The van der Waals surface area contributed by atoms with E-state index in [4.69, 9.17) is 4.74 Å². The lowest BCUT2D eigenvalue weighted by atomic mass is 10.1. The first kappa shape index (κ1) is 13.8. The summed E-state index contributed by atoms with van der Waals surface area (Å²) < 4.78 is 5.22. The lowest BCUT2D eigenvalue weighted by Crippen LogP contribution is -2.22. The first-order valence-corrected chi connectivity index (χ1v) is 7.51. The van der Waals surface area contributed by atoms with Gasteiger partial charge in [-0.15, -0.1) is 0 Å². The van der Waals surface area contributed by atoms with Crippen molar-refractivity contribution in [2.75, 3.05) is 12.0 Å². The molecular formula is C19H16N2O2. The second-order valence-corrected chi connectivity index (χ2v) is 5.74. The molecule has 0 unspecified atom stereocenters. The Bertz CT molecular complexity index is 934. The summed E-state index contributed by atoms with van der Waals surface area (Å²) in [7, 11) is 1.61. The molecule has 1 aromatic heterocycles. The Morgan fingerprint density at radius 2 is 2.00 bits per heavy atom. The Labute approximate surface area is 134 Å². The summed E-state index contributed by atoms with van der Waals surface area (Å²) in [4.78, 5) is 18.9. The number of carbonyl (C=O) groups excluding carboxylic acids is 1. The number of rotatable bonds is 2. The van der Waals surface area contributed by atoms with Crippen molar-refractivity contribution in [1.29, 1.82) is 0 Å². The van der Waals surface area contributed by atoms with E-state index in [-0.39, 0.29) is 5.91 Å². The molecule has 0 saturated carbocycles. The molecule has 114 valence electrons. The van der Waals surface area contributed by atoms with E-state index in [1.807, 2.05) is 42.5 Å². The second-order valence-electron chi connectivity index (χ2n) is 5.74. The van der Waals surface area contributed by atoms with E-state index in [1.54, 1.807) is 18.2 Å². The molecule has 1 aliphatic rings. The third kappa shape index (κ3) is 2.14. The highest BCUT2D eigenvalue weighted by atomic mass is 16.5. The molecule has 1 amide bonds. The van der Waals surface area contributed by atoms with Gasteiger partial charge in [0.15, 0.2) is 0 Å². The van der Waals surface area contributed by atoms with Crippen molar-refractivity contribution in [2.45, 2.75) is 13.5 Å². The summed E-state index contributed by atoms with van der Waals surface area (Å²) in [6.45, 7) is 2.64. The summed E-state index contributed by atoms with van der Waals surface area (Å²) in [5.74, 6) is 0.720. The fourth-order valence-electron chi connectivity index (χ4n) is 3.06. The van der Waals surface area contributed by atoms with Crippen LogP contribution >= 0.6 is 0 Å². The average molecular weight is 304 g/mol. The van der Waals surface area contributed by atoms with Crippen molar-refractivity contribution in [2.24, 2.45) is 0 Å². The molecule has 2 aromatic carbocycles. The number of aromatic nitrogens is 1. The predicted molar refractivity (Wildman–Crippen MR) is 90.0 cm³/mol. The van der Waals surface area contributed by atoms with Crippen LogP contribution < -0.4 is 9.64 Å². The van der Waals surface area contributed by atoms with Crippen LogP contribution in [0.25, 0.3) is 10.9 Å². The largest absolute Gasteiger partial charge is 0.497 e. The van der Waals surface area contributed by atoms with E-state index < -0.39 is 0 Å². The third-order valence-corrected chi connectivity index (χ3v) is 4.38. The van der Waals surface area contributed by atoms with Crippen LogP contribution in [0.4, 0.5) is 5.69 Å². The van der Waals surface area contributed by atoms with E-state index in [0.717, 1.165) is 27.7 Å². The number of fused-ring (bicyclic) bond motifs is 2. The van der Waals surface area contributed by atoms with Crippen molar-refractivity contribution in [3.05, 3.63) is 65.4 Å². The van der Waals surface area contributed by atoms with Gasteiger partial charge in [-0.3, -0.25) is 9.78 Å². The minimum absolute atomic E-state index is 0.0137. The molecular weight excluding hydrogens is 288 g/mol. The van der Waals surface area contributed by atoms with E-state index in [2.05, 4.69) is 11.9 Å². The predicted octanol–water partition coefficient (Wildman–Crippen LogP) is 3.71. The molecule has 0 bridgehead atoms.